The number of aromatic nitrogens is 1. The standard InChI is InChI=1S/C33H37N5O3S/c1-21-13-15-25(16-14-21)35-32(40)31-28-11-6-7-12-29(28)42-33(31)38-22(2)17-24(23(38)3)19-34-36-30(39)20-41-27-10-8-9-26(18-27)37(4)5/h8-10,13-19H,6-7,11-12,20H2,1-5H3,(H,35,40)(H,36,39)/b34-19+. The van der Waals surface area contributed by atoms with E-state index in [0.29, 0.717) is 5.75 Å². The summed E-state index contributed by atoms with van der Waals surface area (Å²) in [5.74, 6) is 0.181. The predicted octanol–water partition coefficient (Wildman–Crippen LogP) is 6.19. The van der Waals surface area contributed by atoms with E-state index in [1.54, 1.807) is 17.6 Å². The van der Waals surface area contributed by atoms with E-state index >= 15 is 0 Å². The van der Waals surface area contributed by atoms with Crippen molar-refractivity contribution in [3.63, 3.8) is 0 Å². The fourth-order valence-corrected chi connectivity index (χ4v) is 6.71. The van der Waals surface area contributed by atoms with Crippen LogP contribution in [0, 0.1) is 20.8 Å². The maximum atomic E-state index is 13.7. The summed E-state index contributed by atoms with van der Waals surface area (Å²) in [6, 6.07) is 17.4. The number of thiophene rings is 1. The van der Waals surface area contributed by atoms with Gasteiger partial charge in [0, 0.05) is 53.4 Å². The summed E-state index contributed by atoms with van der Waals surface area (Å²) in [7, 11) is 3.90. The molecule has 0 spiro atoms. The van der Waals surface area contributed by atoms with Crippen LogP contribution in [0.4, 0.5) is 11.4 Å². The van der Waals surface area contributed by atoms with E-state index in [9.17, 15) is 9.59 Å². The summed E-state index contributed by atoms with van der Waals surface area (Å²) in [6.07, 6.45) is 5.76. The molecule has 1 aliphatic carbocycles. The quantitative estimate of drug-likeness (QED) is 0.182. The number of fused-ring (bicyclic) bond motifs is 1. The molecule has 42 heavy (non-hydrogen) atoms. The number of nitrogens with zero attached hydrogens (tertiary/aromatic N) is 3. The number of ether oxygens (including phenoxy) is 1. The van der Waals surface area contributed by atoms with Crippen molar-refractivity contribution in [3.8, 4) is 10.8 Å². The Labute approximate surface area is 251 Å². The molecular formula is C33H37N5O3S. The number of amides is 2. The lowest BCUT2D eigenvalue weighted by molar-refractivity contribution is -0.123. The van der Waals surface area contributed by atoms with Crippen molar-refractivity contribution in [2.24, 2.45) is 5.10 Å². The molecule has 0 aliphatic heterocycles. The fraction of sp³-hybridized carbons (Fsp3) is 0.303. The highest BCUT2D eigenvalue weighted by molar-refractivity contribution is 7.15. The molecule has 2 heterocycles. The van der Waals surface area contributed by atoms with Crippen molar-refractivity contribution >= 4 is 40.7 Å². The van der Waals surface area contributed by atoms with E-state index in [4.69, 9.17) is 4.74 Å². The normalized spacial score (nSPS) is 12.7. The van der Waals surface area contributed by atoms with Crippen molar-refractivity contribution in [3.05, 3.63) is 93.1 Å². The minimum Gasteiger partial charge on any atom is -0.484 e. The molecule has 218 valence electrons. The Hall–Kier alpha value is -4.37. The largest absolute Gasteiger partial charge is 0.484 e. The SMILES string of the molecule is Cc1ccc(NC(=O)c2c(-n3c(C)cc(/C=N/NC(=O)COc4cccc(N(C)C)c4)c3C)sc3c2CCCC3)cc1. The second-order valence-corrected chi connectivity index (χ2v) is 11.9. The fourth-order valence-electron chi connectivity index (χ4n) is 5.21. The lowest BCUT2D eigenvalue weighted by Gasteiger charge is -2.14. The van der Waals surface area contributed by atoms with Crippen molar-refractivity contribution in [1.29, 1.82) is 0 Å². The predicted molar refractivity (Wildman–Crippen MR) is 171 cm³/mol. The van der Waals surface area contributed by atoms with Gasteiger partial charge in [-0.15, -0.1) is 11.3 Å². The van der Waals surface area contributed by atoms with Crippen LogP contribution in [0.5, 0.6) is 5.75 Å². The molecule has 2 amide bonds. The van der Waals surface area contributed by atoms with E-state index < -0.39 is 0 Å². The first-order chi connectivity index (χ1) is 20.2. The van der Waals surface area contributed by atoms with Crippen molar-refractivity contribution in [1.82, 2.24) is 9.99 Å². The highest BCUT2D eigenvalue weighted by Gasteiger charge is 2.28. The van der Waals surface area contributed by atoms with Crippen LogP contribution in [0.2, 0.25) is 0 Å². The Kier molecular flexibility index (Phi) is 8.77. The van der Waals surface area contributed by atoms with E-state index in [-0.39, 0.29) is 18.4 Å². The summed E-state index contributed by atoms with van der Waals surface area (Å²) in [5, 5.41) is 8.24. The van der Waals surface area contributed by atoms with Gasteiger partial charge in [-0.2, -0.15) is 5.10 Å². The second-order valence-electron chi connectivity index (χ2n) is 10.8. The first-order valence-electron chi connectivity index (χ1n) is 14.1. The first-order valence-corrected chi connectivity index (χ1v) is 15.0. The van der Waals surface area contributed by atoms with Gasteiger partial charge in [0.1, 0.15) is 10.8 Å². The Balaban J connectivity index is 1.33. The lowest BCUT2D eigenvalue weighted by atomic mass is 9.95. The van der Waals surface area contributed by atoms with Crippen LogP contribution < -0.4 is 20.4 Å². The summed E-state index contributed by atoms with van der Waals surface area (Å²) in [6.45, 7) is 5.92. The maximum Gasteiger partial charge on any atom is 0.277 e. The highest BCUT2D eigenvalue weighted by atomic mass is 32.1. The van der Waals surface area contributed by atoms with Gasteiger partial charge in [0.15, 0.2) is 6.61 Å². The van der Waals surface area contributed by atoms with Crippen molar-refractivity contribution in [2.75, 3.05) is 30.9 Å². The molecule has 2 N–H and O–H groups in total. The smallest absolute Gasteiger partial charge is 0.277 e. The van der Waals surface area contributed by atoms with Gasteiger partial charge in [-0.25, -0.2) is 5.43 Å². The van der Waals surface area contributed by atoms with Crippen LogP contribution in [-0.4, -0.2) is 43.3 Å². The molecule has 0 unspecified atom stereocenters. The van der Waals surface area contributed by atoms with Crippen LogP contribution in [0.1, 0.15) is 56.2 Å². The van der Waals surface area contributed by atoms with Crippen LogP contribution in [0.25, 0.3) is 5.00 Å². The number of aryl methyl sites for hydroxylation is 3. The van der Waals surface area contributed by atoms with E-state index in [1.165, 1.54) is 4.88 Å². The maximum absolute atomic E-state index is 13.7. The van der Waals surface area contributed by atoms with Crippen LogP contribution in [0.3, 0.4) is 0 Å². The average Bonchev–Trinajstić information content (AvgIpc) is 3.49. The number of hydrogen-bond acceptors (Lipinski definition) is 6. The molecule has 0 radical (unpaired) electrons. The minimum absolute atomic E-state index is 0.0839. The number of rotatable bonds is 9. The minimum atomic E-state index is -0.351. The number of hydrogen-bond donors (Lipinski definition) is 2. The zero-order valence-electron chi connectivity index (χ0n) is 24.8. The summed E-state index contributed by atoms with van der Waals surface area (Å²) < 4.78 is 7.77. The molecule has 0 bridgehead atoms. The van der Waals surface area contributed by atoms with Crippen molar-refractivity contribution < 1.29 is 14.3 Å². The van der Waals surface area contributed by atoms with Crippen LogP contribution >= 0.6 is 11.3 Å². The average molecular weight is 584 g/mol. The number of carbonyl (C=O) groups is 2. The topological polar surface area (TPSA) is 88.0 Å². The van der Waals surface area contributed by atoms with Gasteiger partial charge in [-0.05, 0) is 82.3 Å². The summed E-state index contributed by atoms with van der Waals surface area (Å²) in [4.78, 5) is 29.4. The number of anilines is 2. The Morgan fingerprint density at radius 3 is 2.57 bits per heavy atom. The zero-order valence-corrected chi connectivity index (χ0v) is 25.6. The van der Waals surface area contributed by atoms with Gasteiger partial charge < -0.3 is 19.5 Å². The van der Waals surface area contributed by atoms with E-state index in [1.807, 2.05) is 94.4 Å². The number of benzene rings is 2. The Morgan fingerprint density at radius 2 is 1.81 bits per heavy atom. The monoisotopic (exact) mass is 583 g/mol. The summed E-state index contributed by atoms with van der Waals surface area (Å²) >= 11 is 1.70. The van der Waals surface area contributed by atoms with Gasteiger partial charge in [-0.1, -0.05) is 23.8 Å². The molecule has 9 heteroatoms. The Morgan fingerprint density at radius 1 is 1.05 bits per heavy atom. The molecule has 5 rings (SSSR count). The van der Waals surface area contributed by atoms with Crippen molar-refractivity contribution in [2.45, 2.75) is 46.5 Å². The van der Waals surface area contributed by atoms with Crippen LogP contribution in [-0.2, 0) is 17.6 Å². The molecule has 0 saturated heterocycles. The molecule has 1 aliphatic rings. The van der Waals surface area contributed by atoms with Gasteiger partial charge in [0.05, 0.1) is 11.8 Å². The third-order valence-electron chi connectivity index (χ3n) is 7.46. The van der Waals surface area contributed by atoms with Gasteiger partial charge in [0.25, 0.3) is 11.8 Å². The van der Waals surface area contributed by atoms with Gasteiger partial charge in [-0.3, -0.25) is 9.59 Å². The molecular weight excluding hydrogens is 546 g/mol. The lowest BCUT2D eigenvalue weighted by Crippen LogP contribution is -2.24. The second kappa shape index (κ2) is 12.7. The molecule has 0 atom stereocenters. The third kappa shape index (κ3) is 6.41. The van der Waals surface area contributed by atoms with Crippen LogP contribution in [0.15, 0.2) is 59.7 Å². The molecule has 0 saturated carbocycles. The van der Waals surface area contributed by atoms with Gasteiger partial charge >= 0.3 is 0 Å². The zero-order chi connectivity index (χ0) is 29.8. The van der Waals surface area contributed by atoms with Gasteiger partial charge in [0.2, 0.25) is 0 Å². The molecule has 2 aromatic heterocycles. The number of nitrogens with one attached hydrogen (secondary N) is 2. The molecule has 2 aromatic carbocycles. The number of hydrazone groups is 1. The first kappa shape index (κ1) is 29.1. The van der Waals surface area contributed by atoms with E-state index in [2.05, 4.69) is 20.4 Å². The molecule has 4 aromatic rings. The molecule has 0 fully saturated rings. The summed E-state index contributed by atoms with van der Waals surface area (Å²) in [5.41, 5.74) is 10.2. The molecule has 8 nitrogen and oxygen atoms in total. The third-order valence-corrected chi connectivity index (χ3v) is 8.74. The number of carbonyl (C=O) groups excluding carboxylic acids is 2. The highest BCUT2D eigenvalue weighted by Crippen LogP contribution is 2.39. The van der Waals surface area contributed by atoms with E-state index in [0.717, 1.165) is 75.7 Å². The Bertz CT molecular complexity index is 1630.